The number of unbranched alkanes of at least 4 members (excludes halogenated alkanes) is 1. The molecule has 1 atom stereocenters. The van der Waals surface area contributed by atoms with Gasteiger partial charge in [0.05, 0.1) is 0 Å². The number of thiol groups is 1. The summed E-state index contributed by atoms with van der Waals surface area (Å²) in [7, 11) is 0. The molecule has 138 valence electrons. The van der Waals surface area contributed by atoms with E-state index in [0.717, 1.165) is 16.7 Å². The lowest BCUT2D eigenvalue weighted by Crippen LogP contribution is -2.35. The van der Waals surface area contributed by atoms with E-state index >= 15 is 0 Å². The van der Waals surface area contributed by atoms with Gasteiger partial charge in [0.25, 0.3) is 0 Å². The Bertz CT molecular complexity index is 750. The molecule has 0 saturated heterocycles. The van der Waals surface area contributed by atoms with Crippen LogP contribution in [0.4, 0.5) is 0 Å². The van der Waals surface area contributed by atoms with E-state index in [9.17, 15) is 14.7 Å². The molecule has 0 aliphatic carbocycles. The van der Waals surface area contributed by atoms with Crippen molar-refractivity contribution >= 4 is 24.5 Å². The average molecular weight is 373 g/mol. The first-order valence-corrected chi connectivity index (χ1v) is 8.92. The Balaban J connectivity index is 2.07. The Hall–Kier alpha value is -2.31. The third-order valence-electron chi connectivity index (χ3n) is 4.30. The minimum absolute atomic E-state index is 0.156. The summed E-state index contributed by atoms with van der Waals surface area (Å²) in [6.07, 6.45) is 1.80. The molecule has 3 N–H and O–H groups in total. The highest BCUT2D eigenvalue weighted by Crippen LogP contribution is 2.29. The van der Waals surface area contributed by atoms with Crippen molar-refractivity contribution in [2.24, 2.45) is 0 Å². The molecule has 0 spiro atoms. The molecule has 0 fully saturated rings. The summed E-state index contributed by atoms with van der Waals surface area (Å²) in [4.78, 5) is 22.8. The Labute approximate surface area is 158 Å². The number of carboxylic acids is 1. The summed E-state index contributed by atoms with van der Waals surface area (Å²) < 4.78 is -1.20. The molecular weight excluding hydrogens is 350 g/mol. The number of benzene rings is 2. The first-order chi connectivity index (χ1) is 12.4. The molecule has 0 aliphatic rings. The van der Waals surface area contributed by atoms with Crippen molar-refractivity contribution in [1.82, 2.24) is 5.48 Å². The molecule has 1 amide bonds. The highest BCUT2D eigenvalue weighted by atomic mass is 32.1. The van der Waals surface area contributed by atoms with Crippen LogP contribution in [0.1, 0.15) is 31.2 Å². The molecule has 0 radical (unpaired) electrons. The number of aliphatic carboxylic acids is 1. The first-order valence-electron chi connectivity index (χ1n) is 8.48. The van der Waals surface area contributed by atoms with Gasteiger partial charge >= 0.3 is 5.97 Å². The van der Waals surface area contributed by atoms with Crippen molar-refractivity contribution in [1.29, 1.82) is 0 Å². The van der Waals surface area contributed by atoms with Gasteiger partial charge in [-0.05, 0) is 36.0 Å². The van der Waals surface area contributed by atoms with Gasteiger partial charge in [-0.3, -0.25) is 14.8 Å². The van der Waals surface area contributed by atoms with Gasteiger partial charge in [0, 0.05) is 6.42 Å². The number of amides is 1. The maximum absolute atomic E-state index is 11.8. The van der Waals surface area contributed by atoms with Crippen molar-refractivity contribution in [2.45, 2.75) is 36.9 Å². The van der Waals surface area contributed by atoms with Crippen LogP contribution in [0.5, 0.6) is 0 Å². The molecule has 0 bridgehead atoms. The van der Waals surface area contributed by atoms with Crippen LogP contribution in [0.25, 0.3) is 11.1 Å². The second-order valence-electron chi connectivity index (χ2n) is 6.32. The third-order valence-corrected chi connectivity index (χ3v) is 4.87. The molecule has 2 aromatic rings. The summed E-state index contributed by atoms with van der Waals surface area (Å²) in [6.45, 7) is 0. The zero-order valence-corrected chi connectivity index (χ0v) is 15.3. The monoisotopic (exact) mass is 373 g/mol. The van der Waals surface area contributed by atoms with Gasteiger partial charge in [0.2, 0.25) is 5.91 Å². The molecule has 5 nitrogen and oxygen atoms in total. The normalized spacial score (nSPS) is 13.0. The predicted molar refractivity (Wildman–Crippen MR) is 103 cm³/mol. The topological polar surface area (TPSA) is 86.6 Å². The van der Waals surface area contributed by atoms with E-state index in [4.69, 9.17) is 5.21 Å². The Kier molecular flexibility index (Phi) is 7.24. The van der Waals surface area contributed by atoms with Gasteiger partial charge in [0.1, 0.15) is 4.75 Å². The molecule has 0 aromatic heterocycles. The third kappa shape index (κ3) is 5.61. The number of carboxylic acid groups (broad SMARTS) is 1. The Morgan fingerprint density at radius 2 is 1.69 bits per heavy atom. The maximum atomic E-state index is 11.8. The van der Waals surface area contributed by atoms with Crippen molar-refractivity contribution in [3.63, 3.8) is 0 Å². The van der Waals surface area contributed by atoms with Gasteiger partial charge in [0.15, 0.2) is 0 Å². The lowest BCUT2D eigenvalue weighted by molar-refractivity contribution is -0.140. The summed E-state index contributed by atoms with van der Waals surface area (Å²) in [5.41, 5.74) is 4.58. The molecule has 0 heterocycles. The summed E-state index contributed by atoms with van der Waals surface area (Å²) in [5.74, 6) is -1.45. The van der Waals surface area contributed by atoms with E-state index in [0.29, 0.717) is 19.3 Å². The number of hydroxylamine groups is 1. The quantitative estimate of drug-likeness (QED) is 0.234. The molecule has 0 saturated carbocycles. The van der Waals surface area contributed by atoms with Crippen LogP contribution >= 0.6 is 12.6 Å². The number of nitrogens with one attached hydrogen (secondary N) is 1. The highest BCUT2D eigenvalue weighted by Gasteiger charge is 2.34. The molecule has 26 heavy (non-hydrogen) atoms. The van der Waals surface area contributed by atoms with Crippen LogP contribution < -0.4 is 5.48 Å². The number of hydrogen-bond acceptors (Lipinski definition) is 4. The van der Waals surface area contributed by atoms with Crippen LogP contribution in [0, 0.1) is 0 Å². The van der Waals surface area contributed by atoms with E-state index in [1.807, 2.05) is 54.6 Å². The summed E-state index contributed by atoms with van der Waals surface area (Å²) in [5, 5.41) is 18.1. The number of hydrogen-bond donors (Lipinski definition) is 4. The SMILES string of the molecule is O=C(CCCCC(S)(Cc1cccc(-c2ccccc2)c1)C(=O)O)NO. The van der Waals surface area contributed by atoms with E-state index in [-0.39, 0.29) is 12.8 Å². The van der Waals surface area contributed by atoms with Crippen LogP contribution in [0.3, 0.4) is 0 Å². The van der Waals surface area contributed by atoms with Crippen molar-refractivity contribution in [2.75, 3.05) is 0 Å². The van der Waals surface area contributed by atoms with Crippen LogP contribution in [-0.4, -0.2) is 26.9 Å². The van der Waals surface area contributed by atoms with Crippen molar-refractivity contribution in [3.05, 3.63) is 60.2 Å². The fraction of sp³-hybridized carbons (Fsp3) is 0.300. The first kappa shape index (κ1) is 20.0. The lowest BCUT2D eigenvalue weighted by atomic mass is 9.91. The predicted octanol–water partition coefficient (Wildman–Crippen LogP) is 3.72. The van der Waals surface area contributed by atoms with Crippen molar-refractivity contribution in [3.8, 4) is 11.1 Å². The summed E-state index contributed by atoms with van der Waals surface area (Å²) in [6, 6.07) is 17.7. The minimum Gasteiger partial charge on any atom is -0.480 e. The molecule has 6 heteroatoms. The Morgan fingerprint density at radius 1 is 1.00 bits per heavy atom. The molecular formula is C20H23NO4S. The zero-order valence-electron chi connectivity index (χ0n) is 14.4. The van der Waals surface area contributed by atoms with E-state index in [2.05, 4.69) is 12.6 Å². The summed E-state index contributed by atoms with van der Waals surface area (Å²) >= 11 is 4.44. The van der Waals surface area contributed by atoms with Gasteiger partial charge < -0.3 is 5.11 Å². The van der Waals surface area contributed by atoms with Gasteiger partial charge in [-0.1, -0.05) is 61.0 Å². The van der Waals surface area contributed by atoms with Gasteiger partial charge in [-0.25, -0.2) is 5.48 Å². The molecule has 0 aliphatic heterocycles. The highest BCUT2D eigenvalue weighted by molar-refractivity contribution is 7.82. The fourth-order valence-electron chi connectivity index (χ4n) is 2.86. The van der Waals surface area contributed by atoms with Crippen LogP contribution in [-0.2, 0) is 16.0 Å². The number of carbonyl (C=O) groups excluding carboxylic acids is 1. The molecule has 1 unspecified atom stereocenters. The van der Waals surface area contributed by atoms with E-state index in [1.54, 1.807) is 5.48 Å². The number of carbonyl (C=O) groups is 2. The van der Waals surface area contributed by atoms with Crippen LogP contribution in [0.2, 0.25) is 0 Å². The Morgan fingerprint density at radius 3 is 2.35 bits per heavy atom. The minimum atomic E-state index is -1.20. The van der Waals surface area contributed by atoms with Gasteiger partial charge in [-0.15, -0.1) is 0 Å². The van der Waals surface area contributed by atoms with Crippen LogP contribution in [0.15, 0.2) is 54.6 Å². The maximum Gasteiger partial charge on any atom is 0.319 e. The molecule has 2 rings (SSSR count). The number of rotatable bonds is 9. The van der Waals surface area contributed by atoms with Gasteiger partial charge in [-0.2, -0.15) is 12.6 Å². The second-order valence-corrected chi connectivity index (χ2v) is 7.18. The van der Waals surface area contributed by atoms with E-state index < -0.39 is 16.6 Å². The molecule has 2 aromatic carbocycles. The lowest BCUT2D eigenvalue weighted by Gasteiger charge is -2.24. The zero-order chi connectivity index (χ0) is 19.0. The fourth-order valence-corrected chi connectivity index (χ4v) is 3.20. The van der Waals surface area contributed by atoms with Crippen molar-refractivity contribution < 1.29 is 19.9 Å². The van der Waals surface area contributed by atoms with E-state index in [1.165, 1.54) is 0 Å². The smallest absolute Gasteiger partial charge is 0.319 e. The standard InChI is InChI=1S/C20H23NO4S/c22-18(21-25)11-4-5-12-20(26,19(23)24)14-15-7-6-10-17(13-15)16-8-2-1-3-9-16/h1-3,6-10,13,25-26H,4-5,11-12,14H2,(H,21,22)(H,23,24). The average Bonchev–Trinajstić information content (AvgIpc) is 2.66. The largest absolute Gasteiger partial charge is 0.480 e. The second kappa shape index (κ2) is 9.40.